The van der Waals surface area contributed by atoms with E-state index in [1.54, 1.807) is 19.0 Å². The number of nitrogens with zero attached hydrogens (tertiary/aromatic N) is 2. The zero-order valence-corrected chi connectivity index (χ0v) is 19.0. The summed E-state index contributed by atoms with van der Waals surface area (Å²) >= 11 is 3.66. The van der Waals surface area contributed by atoms with Crippen LogP contribution >= 0.6 is 34.4 Å². The van der Waals surface area contributed by atoms with Crippen LogP contribution in [0.1, 0.15) is 11.1 Å². The normalized spacial score (nSPS) is 16.9. The standard InChI is InChI=1S/C23H19IN2O2S/c1-25-23-26(2)22(27)21(29-23)13-15-8-10-20(19(24)12-15)28-14-16-7-9-17-5-3-4-6-18(17)11-16/h3-13H,14H2,1-2H3/b21-13-,25-23?. The van der Waals surface area contributed by atoms with Crippen LogP contribution in [-0.2, 0) is 11.4 Å². The smallest absolute Gasteiger partial charge is 0.266 e. The predicted octanol–water partition coefficient (Wildman–Crippen LogP) is 5.56. The van der Waals surface area contributed by atoms with Gasteiger partial charge in [-0.3, -0.25) is 14.7 Å². The molecular weight excluding hydrogens is 495 g/mol. The van der Waals surface area contributed by atoms with Gasteiger partial charge >= 0.3 is 0 Å². The van der Waals surface area contributed by atoms with Crippen LogP contribution in [0.15, 0.2) is 70.6 Å². The molecule has 0 unspecified atom stereocenters. The lowest BCUT2D eigenvalue weighted by Crippen LogP contribution is -2.23. The molecule has 0 spiro atoms. The molecule has 1 heterocycles. The van der Waals surface area contributed by atoms with Gasteiger partial charge in [-0.25, -0.2) is 0 Å². The van der Waals surface area contributed by atoms with Gasteiger partial charge in [-0.1, -0.05) is 42.5 Å². The first-order valence-electron chi connectivity index (χ1n) is 9.09. The number of amidine groups is 1. The van der Waals surface area contributed by atoms with Gasteiger partial charge in [0.1, 0.15) is 12.4 Å². The molecule has 1 aliphatic heterocycles. The van der Waals surface area contributed by atoms with Gasteiger partial charge in [0, 0.05) is 14.1 Å². The molecule has 1 fully saturated rings. The minimum Gasteiger partial charge on any atom is -0.488 e. The van der Waals surface area contributed by atoms with E-state index in [9.17, 15) is 4.79 Å². The maximum Gasteiger partial charge on any atom is 0.266 e. The lowest BCUT2D eigenvalue weighted by atomic mass is 10.1. The molecule has 29 heavy (non-hydrogen) atoms. The highest BCUT2D eigenvalue weighted by atomic mass is 127. The molecule has 0 radical (unpaired) electrons. The van der Waals surface area contributed by atoms with Gasteiger partial charge in [0.25, 0.3) is 5.91 Å². The van der Waals surface area contributed by atoms with E-state index in [-0.39, 0.29) is 5.91 Å². The summed E-state index contributed by atoms with van der Waals surface area (Å²) < 4.78 is 7.05. The van der Waals surface area contributed by atoms with Crippen molar-refractivity contribution < 1.29 is 9.53 Å². The third-order valence-corrected chi connectivity index (χ3v) is 6.65. The summed E-state index contributed by atoms with van der Waals surface area (Å²) in [5.41, 5.74) is 2.10. The minimum atomic E-state index is -0.0257. The molecule has 0 aromatic heterocycles. The number of hydrogen-bond acceptors (Lipinski definition) is 4. The molecule has 1 aliphatic rings. The van der Waals surface area contributed by atoms with E-state index in [0.717, 1.165) is 20.4 Å². The SMILES string of the molecule is CN=C1S/C(=C\c2ccc(OCc3ccc4ccccc4c3)c(I)c2)C(=O)N1C. The van der Waals surface area contributed by atoms with Crippen molar-refractivity contribution in [3.8, 4) is 5.75 Å². The predicted molar refractivity (Wildman–Crippen MR) is 129 cm³/mol. The number of thioether (sulfide) groups is 1. The average Bonchev–Trinajstić information content (AvgIpc) is 3.01. The summed E-state index contributed by atoms with van der Waals surface area (Å²) in [6.07, 6.45) is 1.90. The molecule has 3 aromatic carbocycles. The van der Waals surface area contributed by atoms with Crippen LogP contribution in [0.3, 0.4) is 0 Å². The van der Waals surface area contributed by atoms with E-state index in [1.807, 2.05) is 36.4 Å². The average molecular weight is 514 g/mol. The Labute approximate surface area is 187 Å². The summed E-state index contributed by atoms with van der Waals surface area (Å²) in [7, 11) is 3.44. The maximum atomic E-state index is 12.3. The van der Waals surface area contributed by atoms with E-state index in [4.69, 9.17) is 4.74 Å². The molecule has 3 aromatic rings. The second-order valence-electron chi connectivity index (χ2n) is 6.64. The molecule has 0 bridgehead atoms. The van der Waals surface area contributed by atoms with Crippen molar-refractivity contribution in [3.05, 3.63) is 80.3 Å². The molecule has 0 saturated carbocycles. The molecule has 4 rings (SSSR count). The summed E-state index contributed by atoms with van der Waals surface area (Å²) in [6, 6.07) is 20.6. The Morgan fingerprint density at radius 3 is 2.62 bits per heavy atom. The quantitative estimate of drug-likeness (QED) is 0.339. The third kappa shape index (κ3) is 4.33. The maximum absolute atomic E-state index is 12.3. The Morgan fingerprint density at radius 2 is 1.90 bits per heavy atom. The third-order valence-electron chi connectivity index (χ3n) is 4.66. The largest absolute Gasteiger partial charge is 0.488 e. The lowest BCUT2D eigenvalue weighted by molar-refractivity contribution is -0.121. The highest BCUT2D eigenvalue weighted by molar-refractivity contribution is 14.1. The molecule has 0 aliphatic carbocycles. The molecule has 6 heteroatoms. The van der Waals surface area contributed by atoms with Crippen molar-refractivity contribution in [3.63, 3.8) is 0 Å². The van der Waals surface area contributed by atoms with Crippen molar-refractivity contribution in [2.75, 3.05) is 14.1 Å². The number of likely N-dealkylation sites (N-methyl/N-ethyl adjacent to an activating group) is 1. The molecule has 0 atom stereocenters. The lowest BCUT2D eigenvalue weighted by Gasteiger charge is -2.10. The number of benzene rings is 3. The van der Waals surface area contributed by atoms with Crippen molar-refractivity contribution in [2.24, 2.45) is 4.99 Å². The van der Waals surface area contributed by atoms with E-state index in [0.29, 0.717) is 16.7 Å². The van der Waals surface area contributed by atoms with Crippen LogP contribution in [0.25, 0.3) is 16.8 Å². The van der Waals surface area contributed by atoms with E-state index < -0.39 is 0 Å². The van der Waals surface area contributed by atoms with Crippen molar-refractivity contribution >= 4 is 62.3 Å². The number of ether oxygens (including phenoxy) is 1. The monoisotopic (exact) mass is 514 g/mol. The molecular formula is C23H19IN2O2S. The van der Waals surface area contributed by atoms with Crippen LogP contribution in [0.2, 0.25) is 0 Å². The first kappa shape index (κ1) is 20.0. The Balaban J connectivity index is 1.48. The van der Waals surface area contributed by atoms with Crippen LogP contribution in [-0.4, -0.2) is 30.1 Å². The van der Waals surface area contributed by atoms with Crippen molar-refractivity contribution in [1.82, 2.24) is 4.90 Å². The Kier molecular flexibility index (Phi) is 5.91. The molecule has 1 saturated heterocycles. The number of carbonyl (C=O) groups excluding carboxylic acids is 1. The number of fused-ring (bicyclic) bond motifs is 1. The summed E-state index contributed by atoms with van der Waals surface area (Å²) in [5.74, 6) is 0.807. The Hall–Kier alpha value is -2.32. The van der Waals surface area contributed by atoms with Gasteiger partial charge in [-0.2, -0.15) is 0 Å². The minimum absolute atomic E-state index is 0.0257. The fourth-order valence-corrected chi connectivity index (χ4v) is 4.74. The molecule has 4 nitrogen and oxygen atoms in total. The second-order valence-corrected chi connectivity index (χ2v) is 8.81. The number of amides is 1. The van der Waals surface area contributed by atoms with Gasteiger partial charge < -0.3 is 4.74 Å². The fourth-order valence-electron chi connectivity index (χ4n) is 3.11. The van der Waals surface area contributed by atoms with Gasteiger partial charge in [0.05, 0.1) is 8.48 Å². The number of aliphatic imine (C=N–C) groups is 1. The Bertz CT molecular complexity index is 1160. The fraction of sp³-hybridized carbons (Fsp3) is 0.130. The number of rotatable bonds is 4. The number of halogens is 1. The van der Waals surface area contributed by atoms with Gasteiger partial charge in [-0.15, -0.1) is 0 Å². The van der Waals surface area contributed by atoms with Crippen LogP contribution in [0, 0.1) is 3.57 Å². The molecule has 1 amide bonds. The molecule has 0 N–H and O–H groups in total. The topological polar surface area (TPSA) is 41.9 Å². The summed E-state index contributed by atoms with van der Waals surface area (Å²) in [6.45, 7) is 0.511. The van der Waals surface area contributed by atoms with E-state index in [2.05, 4.69) is 57.9 Å². The highest BCUT2D eigenvalue weighted by Gasteiger charge is 2.29. The highest BCUT2D eigenvalue weighted by Crippen LogP contribution is 2.32. The van der Waals surface area contributed by atoms with Crippen molar-refractivity contribution in [2.45, 2.75) is 6.61 Å². The van der Waals surface area contributed by atoms with Crippen molar-refractivity contribution in [1.29, 1.82) is 0 Å². The van der Waals surface area contributed by atoms with E-state index >= 15 is 0 Å². The first-order valence-corrected chi connectivity index (χ1v) is 11.0. The van der Waals surface area contributed by atoms with Gasteiger partial charge in [-0.05, 0) is 80.5 Å². The van der Waals surface area contributed by atoms with Gasteiger partial charge in [0.2, 0.25) is 0 Å². The van der Waals surface area contributed by atoms with Crippen LogP contribution in [0.4, 0.5) is 0 Å². The first-order chi connectivity index (χ1) is 14.0. The summed E-state index contributed by atoms with van der Waals surface area (Å²) in [4.78, 5) is 18.7. The van der Waals surface area contributed by atoms with Crippen LogP contribution in [0.5, 0.6) is 5.75 Å². The zero-order chi connectivity index (χ0) is 20.4. The van der Waals surface area contributed by atoms with Crippen LogP contribution < -0.4 is 4.74 Å². The number of carbonyl (C=O) groups is 1. The molecule has 146 valence electrons. The Morgan fingerprint density at radius 1 is 1.10 bits per heavy atom. The van der Waals surface area contributed by atoms with E-state index in [1.165, 1.54) is 22.5 Å². The number of hydrogen-bond donors (Lipinski definition) is 0. The second kappa shape index (κ2) is 8.59. The summed E-state index contributed by atoms with van der Waals surface area (Å²) in [5, 5.41) is 3.15. The zero-order valence-electron chi connectivity index (χ0n) is 16.1. The van der Waals surface area contributed by atoms with Gasteiger partial charge in [0.15, 0.2) is 5.17 Å².